The lowest BCUT2D eigenvalue weighted by Crippen LogP contribution is -2.04. The van der Waals surface area contributed by atoms with Crippen molar-refractivity contribution in [1.29, 1.82) is 0 Å². The van der Waals surface area contributed by atoms with Crippen molar-refractivity contribution < 1.29 is 4.39 Å². The average molecular weight is 281 g/mol. The van der Waals surface area contributed by atoms with E-state index in [0.29, 0.717) is 11.6 Å². The Hall–Kier alpha value is -1.88. The van der Waals surface area contributed by atoms with Crippen LogP contribution in [0.5, 0.6) is 0 Å². The molecule has 0 atom stereocenters. The van der Waals surface area contributed by atoms with Crippen LogP contribution >= 0.6 is 11.6 Å². The summed E-state index contributed by atoms with van der Waals surface area (Å²) in [6, 6.07) is 6.49. The molecule has 0 bridgehead atoms. The van der Waals surface area contributed by atoms with Gasteiger partial charge in [0.15, 0.2) is 5.82 Å². The van der Waals surface area contributed by atoms with Crippen LogP contribution in [-0.2, 0) is 0 Å². The minimum Gasteiger partial charge on any atom is -0.370 e. The maximum absolute atomic E-state index is 13.7. The second kappa shape index (κ2) is 6.33. The molecule has 2 rings (SSSR count). The standard InChI is InChI=1S/C13H14ClFN4/c1-2-6-16-11-7-12(18-8-17-11)19-10-5-3-4-9(14)13(10)15/h3-5,7-8H,2,6H2,1H3,(H2,16,17,18,19). The highest BCUT2D eigenvalue weighted by Gasteiger charge is 2.07. The van der Waals surface area contributed by atoms with Crippen LogP contribution < -0.4 is 10.6 Å². The van der Waals surface area contributed by atoms with Crippen molar-refractivity contribution in [2.75, 3.05) is 17.2 Å². The first kappa shape index (κ1) is 13.5. The molecule has 4 nitrogen and oxygen atoms in total. The first-order chi connectivity index (χ1) is 9.20. The number of hydrogen-bond acceptors (Lipinski definition) is 4. The number of benzene rings is 1. The van der Waals surface area contributed by atoms with Gasteiger partial charge in [0.1, 0.15) is 18.0 Å². The van der Waals surface area contributed by atoms with Crippen LogP contribution in [0, 0.1) is 5.82 Å². The molecule has 0 unspecified atom stereocenters. The molecule has 0 amide bonds. The van der Waals surface area contributed by atoms with Crippen LogP contribution in [-0.4, -0.2) is 16.5 Å². The van der Waals surface area contributed by atoms with Gasteiger partial charge >= 0.3 is 0 Å². The molecule has 1 heterocycles. The van der Waals surface area contributed by atoms with Gasteiger partial charge in [-0.05, 0) is 18.6 Å². The number of halogens is 2. The van der Waals surface area contributed by atoms with E-state index in [0.717, 1.165) is 13.0 Å². The Kier molecular flexibility index (Phi) is 4.52. The van der Waals surface area contributed by atoms with Crippen molar-refractivity contribution in [3.63, 3.8) is 0 Å². The Balaban J connectivity index is 2.16. The van der Waals surface area contributed by atoms with Gasteiger partial charge in [-0.1, -0.05) is 24.6 Å². The molecule has 0 saturated heterocycles. The van der Waals surface area contributed by atoms with Crippen LogP contribution in [0.25, 0.3) is 0 Å². The molecule has 1 aromatic heterocycles. The zero-order valence-corrected chi connectivity index (χ0v) is 11.2. The fourth-order valence-corrected chi connectivity index (χ4v) is 1.69. The minimum atomic E-state index is -0.495. The number of anilines is 3. The topological polar surface area (TPSA) is 49.8 Å². The van der Waals surface area contributed by atoms with Gasteiger partial charge in [-0.25, -0.2) is 14.4 Å². The smallest absolute Gasteiger partial charge is 0.165 e. The normalized spacial score (nSPS) is 10.3. The van der Waals surface area contributed by atoms with E-state index in [1.807, 2.05) is 0 Å². The lowest BCUT2D eigenvalue weighted by atomic mass is 10.3. The predicted octanol–water partition coefficient (Wildman–Crippen LogP) is 3.83. The van der Waals surface area contributed by atoms with Gasteiger partial charge in [0, 0.05) is 12.6 Å². The van der Waals surface area contributed by atoms with Crippen molar-refractivity contribution in [2.24, 2.45) is 0 Å². The predicted molar refractivity (Wildman–Crippen MR) is 75.5 cm³/mol. The first-order valence-electron chi connectivity index (χ1n) is 5.97. The molecule has 0 aliphatic heterocycles. The van der Waals surface area contributed by atoms with Crippen molar-refractivity contribution in [3.05, 3.63) is 41.4 Å². The van der Waals surface area contributed by atoms with Gasteiger partial charge in [0.2, 0.25) is 0 Å². The first-order valence-corrected chi connectivity index (χ1v) is 6.35. The van der Waals surface area contributed by atoms with Gasteiger partial charge in [-0.2, -0.15) is 0 Å². The number of nitrogens with one attached hydrogen (secondary N) is 2. The molecule has 2 aromatic rings. The SMILES string of the molecule is CCCNc1cc(Nc2cccc(Cl)c2F)ncn1. The third kappa shape index (κ3) is 3.54. The molecule has 0 aliphatic carbocycles. The lowest BCUT2D eigenvalue weighted by Gasteiger charge is -2.09. The molecular weight excluding hydrogens is 267 g/mol. The Morgan fingerprint density at radius 1 is 1.26 bits per heavy atom. The van der Waals surface area contributed by atoms with Crippen LogP contribution in [0.3, 0.4) is 0 Å². The summed E-state index contributed by atoms with van der Waals surface area (Å²) in [6.07, 6.45) is 2.42. The van der Waals surface area contributed by atoms with Crippen LogP contribution in [0.1, 0.15) is 13.3 Å². The number of hydrogen-bond donors (Lipinski definition) is 2. The summed E-state index contributed by atoms with van der Waals surface area (Å²) in [6.45, 7) is 2.89. The van der Waals surface area contributed by atoms with Crippen molar-refractivity contribution in [3.8, 4) is 0 Å². The second-order valence-electron chi connectivity index (χ2n) is 3.94. The molecule has 100 valence electrons. The Labute approximate surface area is 116 Å². The lowest BCUT2D eigenvalue weighted by molar-refractivity contribution is 0.632. The van der Waals surface area contributed by atoms with E-state index < -0.39 is 5.82 Å². The van der Waals surface area contributed by atoms with E-state index in [4.69, 9.17) is 11.6 Å². The molecule has 0 radical (unpaired) electrons. The van der Waals surface area contributed by atoms with Crippen LogP contribution in [0.15, 0.2) is 30.6 Å². The van der Waals surface area contributed by atoms with E-state index >= 15 is 0 Å². The van der Waals surface area contributed by atoms with Crippen molar-refractivity contribution >= 4 is 28.9 Å². The molecule has 19 heavy (non-hydrogen) atoms. The third-order valence-corrected chi connectivity index (χ3v) is 2.73. The molecule has 0 spiro atoms. The fourth-order valence-electron chi connectivity index (χ4n) is 1.51. The molecule has 0 fully saturated rings. The zero-order chi connectivity index (χ0) is 13.7. The Morgan fingerprint density at radius 3 is 2.84 bits per heavy atom. The molecule has 0 aliphatic rings. The summed E-state index contributed by atoms with van der Waals surface area (Å²) in [5, 5.41) is 6.09. The van der Waals surface area contributed by atoms with E-state index in [9.17, 15) is 4.39 Å². The molecule has 6 heteroatoms. The van der Waals surface area contributed by atoms with E-state index in [1.54, 1.807) is 18.2 Å². The second-order valence-corrected chi connectivity index (χ2v) is 4.35. The average Bonchev–Trinajstić information content (AvgIpc) is 2.42. The maximum Gasteiger partial charge on any atom is 0.165 e. The van der Waals surface area contributed by atoms with E-state index in [1.165, 1.54) is 12.4 Å². The fraction of sp³-hybridized carbons (Fsp3) is 0.231. The van der Waals surface area contributed by atoms with Crippen LogP contribution in [0.2, 0.25) is 5.02 Å². The van der Waals surface area contributed by atoms with E-state index in [-0.39, 0.29) is 10.7 Å². The number of aromatic nitrogens is 2. The van der Waals surface area contributed by atoms with Crippen molar-refractivity contribution in [1.82, 2.24) is 9.97 Å². The Morgan fingerprint density at radius 2 is 2.05 bits per heavy atom. The van der Waals surface area contributed by atoms with Gasteiger partial charge in [-0.3, -0.25) is 0 Å². The summed E-state index contributed by atoms with van der Waals surface area (Å²) < 4.78 is 13.7. The monoisotopic (exact) mass is 280 g/mol. The van der Waals surface area contributed by atoms with Gasteiger partial charge < -0.3 is 10.6 Å². The number of nitrogens with zero attached hydrogens (tertiary/aromatic N) is 2. The maximum atomic E-state index is 13.7. The number of rotatable bonds is 5. The quantitative estimate of drug-likeness (QED) is 0.874. The minimum absolute atomic E-state index is 0.0726. The van der Waals surface area contributed by atoms with Crippen molar-refractivity contribution in [2.45, 2.75) is 13.3 Å². The summed E-state index contributed by atoms with van der Waals surface area (Å²) in [7, 11) is 0. The molecule has 0 saturated carbocycles. The summed E-state index contributed by atoms with van der Waals surface area (Å²) in [4.78, 5) is 8.12. The largest absolute Gasteiger partial charge is 0.370 e. The molecular formula is C13H14ClFN4. The highest BCUT2D eigenvalue weighted by Crippen LogP contribution is 2.24. The van der Waals surface area contributed by atoms with Gasteiger partial charge in [0.25, 0.3) is 0 Å². The molecule has 2 N–H and O–H groups in total. The summed E-state index contributed by atoms with van der Waals surface area (Å²) in [5.41, 5.74) is 0.285. The highest BCUT2D eigenvalue weighted by atomic mass is 35.5. The van der Waals surface area contributed by atoms with E-state index in [2.05, 4.69) is 27.5 Å². The van der Waals surface area contributed by atoms with Crippen LogP contribution in [0.4, 0.5) is 21.7 Å². The third-order valence-electron chi connectivity index (χ3n) is 2.44. The highest BCUT2D eigenvalue weighted by molar-refractivity contribution is 6.31. The van der Waals surface area contributed by atoms with Gasteiger partial charge in [-0.15, -0.1) is 0 Å². The Bertz CT molecular complexity index is 562. The summed E-state index contributed by atoms with van der Waals surface area (Å²) in [5.74, 6) is 0.711. The molecule has 1 aromatic carbocycles. The summed E-state index contributed by atoms with van der Waals surface area (Å²) >= 11 is 5.72. The zero-order valence-electron chi connectivity index (χ0n) is 10.5. The van der Waals surface area contributed by atoms with Gasteiger partial charge in [0.05, 0.1) is 10.7 Å².